The van der Waals surface area contributed by atoms with Gasteiger partial charge in [0.2, 0.25) is 0 Å². The Morgan fingerprint density at radius 1 is 1.27 bits per heavy atom. The highest BCUT2D eigenvalue weighted by Gasteiger charge is 2.40. The van der Waals surface area contributed by atoms with Crippen LogP contribution in [0.4, 0.5) is 0 Å². The zero-order valence-corrected chi connectivity index (χ0v) is 9.21. The molecular weight excluding hydrogens is 182 g/mol. The molecule has 2 N–H and O–H groups in total. The molecule has 1 atom stereocenters. The van der Waals surface area contributed by atoms with Crippen LogP contribution in [0.1, 0.15) is 49.1 Å². The zero-order chi connectivity index (χ0) is 10.3. The van der Waals surface area contributed by atoms with Crippen LogP contribution in [-0.2, 0) is 6.42 Å². The fourth-order valence-electron chi connectivity index (χ4n) is 2.92. The minimum atomic E-state index is 0.203. The van der Waals surface area contributed by atoms with Crippen molar-refractivity contribution in [3.05, 3.63) is 35.4 Å². The van der Waals surface area contributed by atoms with Crippen molar-refractivity contribution in [3.8, 4) is 0 Å². The summed E-state index contributed by atoms with van der Waals surface area (Å²) in [6.45, 7) is 0. The lowest BCUT2D eigenvalue weighted by Gasteiger charge is -2.27. The van der Waals surface area contributed by atoms with Crippen LogP contribution in [-0.4, -0.2) is 5.54 Å². The SMILES string of the molecule is NC1(CC2CCCc3ccccc32)CC1. The van der Waals surface area contributed by atoms with E-state index in [1.807, 2.05) is 0 Å². The molecule has 0 aromatic heterocycles. The van der Waals surface area contributed by atoms with Gasteiger partial charge in [0.1, 0.15) is 0 Å². The van der Waals surface area contributed by atoms with Gasteiger partial charge in [-0.3, -0.25) is 0 Å². The Hall–Kier alpha value is -0.820. The highest BCUT2D eigenvalue weighted by molar-refractivity contribution is 5.33. The molecule has 0 heterocycles. The molecule has 2 aliphatic rings. The van der Waals surface area contributed by atoms with Gasteiger partial charge in [0.25, 0.3) is 0 Å². The molecule has 0 radical (unpaired) electrons. The summed E-state index contributed by atoms with van der Waals surface area (Å²) in [4.78, 5) is 0. The summed E-state index contributed by atoms with van der Waals surface area (Å²) in [7, 11) is 0. The molecule has 1 fully saturated rings. The smallest absolute Gasteiger partial charge is 0.0161 e. The summed E-state index contributed by atoms with van der Waals surface area (Å²) < 4.78 is 0. The Balaban J connectivity index is 1.85. The lowest BCUT2D eigenvalue weighted by molar-refractivity contribution is 0.459. The number of benzene rings is 1. The van der Waals surface area contributed by atoms with Crippen LogP contribution in [0, 0.1) is 0 Å². The van der Waals surface area contributed by atoms with E-state index in [1.165, 1.54) is 38.5 Å². The second-order valence-corrected chi connectivity index (χ2v) is 5.35. The zero-order valence-electron chi connectivity index (χ0n) is 9.21. The topological polar surface area (TPSA) is 26.0 Å². The van der Waals surface area contributed by atoms with E-state index in [1.54, 1.807) is 11.1 Å². The maximum Gasteiger partial charge on any atom is 0.0161 e. The van der Waals surface area contributed by atoms with Crippen LogP contribution in [0.2, 0.25) is 0 Å². The van der Waals surface area contributed by atoms with Crippen molar-refractivity contribution in [3.63, 3.8) is 0 Å². The first-order chi connectivity index (χ1) is 7.27. The van der Waals surface area contributed by atoms with E-state index in [-0.39, 0.29) is 5.54 Å². The fourth-order valence-corrected chi connectivity index (χ4v) is 2.92. The summed E-state index contributed by atoms with van der Waals surface area (Å²) in [6.07, 6.45) is 7.65. The van der Waals surface area contributed by atoms with Gasteiger partial charge in [0.05, 0.1) is 0 Å². The lowest BCUT2D eigenvalue weighted by atomic mass is 9.79. The first-order valence-corrected chi connectivity index (χ1v) is 6.14. The second-order valence-electron chi connectivity index (χ2n) is 5.35. The lowest BCUT2D eigenvalue weighted by Crippen LogP contribution is -2.26. The largest absolute Gasteiger partial charge is 0.325 e. The molecule has 0 saturated heterocycles. The molecule has 1 aromatic carbocycles. The molecule has 3 rings (SSSR count). The number of hydrogen-bond acceptors (Lipinski definition) is 1. The van der Waals surface area contributed by atoms with Crippen LogP contribution >= 0.6 is 0 Å². The Morgan fingerprint density at radius 3 is 2.87 bits per heavy atom. The normalized spacial score (nSPS) is 27.1. The Bertz CT molecular complexity index is 365. The van der Waals surface area contributed by atoms with Crippen LogP contribution < -0.4 is 5.73 Å². The van der Waals surface area contributed by atoms with Gasteiger partial charge < -0.3 is 5.73 Å². The minimum Gasteiger partial charge on any atom is -0.325 e. The number of hydrogen-bond donors (Lipinski definition) is 1. The van der Waals surface area contributed by atoms with Gasteiger partial charge in [-0.05, 0) is 55.6 Å². The van der Waals surface area contributed by atoms with Crippen molar-refractivity contribution < 1.29 is 0 Å². The van der Waals surface area contributed by atoms with Gasteiger partial charge in [0.15, 0.2) is 0 Å². The minimum absolute atomic E-state index is 0.203. The van der Waals surface area contributed by atoms with E-state index in [0.717, 1.165) is 5.92 Å². The molecule has 1 nitrogen and oxygen atoms in total. The van der Waals surface area contributed by atoms with Gasteiger partial charge in [-0.1, -0.05) is 24.3 Å². The molecule has 1 saturated carbocycles. The quantitative estimate of drug-likeness (QED) is 0.782. The van der Waals surface area contributed by atoms with E-state index in [2.05, 4.69) is 24.3 Å². The van der Waals surface area contributed by atoms with E-state index in [0.29, 0.717) is 0 Å². The standard InChI is InChI=1S/C14H19N/c15-14(8-9-14)10-12-6-3-5-11-4-1-2-7-13(11)12/h1-2,4,7,12H,3,5-6,8-10,15H2. The predicted octanol–water partition coefficient (Wildman–Crippen LogP) is 2.99. The molecule has 1 heteroatoms. The Kier molecular flexibility index (Phi) is 2.10. The molecule has 0 bridgehead atoms. The van der Waals surface area contributed by atoms with E-state index in [9.17, 15) is 0 Å². The monoisotopic (exact) mass is 201 g/mol. The summed E-state index contributed by atoms with van der Waals surface area (Å²) in [5.41, 5.74) is 9.59. The summed E-state index contributed by atoms with van der Waals surface area (Å²) in [5.74, 6) is 0.738. The fraction of sp³-hybridized carbons (Fsp3) is 0.571. The van der Waals surface area contributed by atoms with Crippen molar-refractivity contribution in [1.82, 2.24) is 0 Å². The van der Waals surface area contributed by atoms with Crippen molar-refractivity contribution in [1.29, 1.82) is 0 Å². The van der Waals surface area contributed by atoms with Gasteiger partial charge in [-0.2, -0.15) is 0 Å². The van der Waals surface area contributed by atoms with Gasteiger partial charge in [-0.15, -0.1) is 0 Å². The van der Waals surface area contributed by atoms with Crippen molar-refractivity contribution >= 4 is 0 Å². The molecule has 2 aliphatic carbocycles. The second kappa shape index (κ2) is 3.34. The van der Waals surface area contributed by atoms with Crippen molar-refractivity contribution in [2.24, 2.45) is 5.73 Å². The average Bonchev–Trinajstić information content (AvgIpc) is 2.97. The first-order valence-electron chi connectivity index (χ1n) is 6.14. The van der Waals surface area contributed by atoms with E-state index in [4.69, 9.17) is 5.73 Å². The molecule has 0 aliphatic heterocycles. The third-order valence-electron chi connectivity index (χ3n) is 4.04. The van der Waals surface area contributed by atoms with Gasteiger partial charge >= 0.3 is 0 Å². The number of nitrogens with two attached hydrogens (primary N) is 1. The maximum absolute atomic E-state index is 6.23. The third kappa shape index (κ3) is 1.81. The summed E-state index contributed by atoms with van der Waals surface area (Å²) >= 11 is 0. The molecule has 1 aromatic rings. The van der Waals surface area contributed by atoms with Crippen molar-refractivity contribution in [2.45, 2.75) is 50.0 Å². The Morgan fingerprint density at radius 2 is 2.07 bits per heavy atom. The van der Waals surface area contributed by atoms with E-state index < -0.39 is 0 Å². The van der Waals surface area contributed by atoms with Crippen molar-refractivity contribution in [2.75, 3.05) is 0 Å². The average molecular weight is 201 g/mol. The molecular formula is C14H19N. The first kappa shape index (κ1) is 9.41. The number of fused-ring (bicyclic) bond motifs is 1. The van der Waals surface area contributed by atoms with Crippen LogP contribution in [0.15, 0.2) is 24.3 Å². The highest BCUT2D eigenvalue weighted by Crippen LogP contribution is 2.44. The third-order valence-corrected chi connectivity index (χ3v) is 4.04. The van der Waals surface area contributed by atoms with Gasteiger partial charge in [-0.25, -0.2) is 0 Å². The van der Waals surface area contributed by atoms with Gasteiger partial charge in [0, 0.05) is 5.54 Å². The summed E-state index contributed by atoms with van der Waals surface area (Å²) in [5, 5.41) is 0. The Labute approximate surface area is 91.7 Å². The van der Waals surface area contributed by atoms with Crippen LogP contribution in [0.5, 0.6) is 0 Å². The molecule has 80 valence electrons. The number of aryl methyl sites for hydroxylation is 1. The summed E-state index contributed by atoms with van der Waals surface area (Å²) in [6, 6.07) is 8.94. The van der Waals surface area contributed by atoms with E-state index >= 15 is 0 Å². The molecule has 0 spiro atoms. The number of rotatable bonds is 2. The van der Waals surface area contributed by atoms with Crippen LogP contribution in [0.25, 0.3) is 0 Å². The highest BCUT2D eigenvalue weighted by atomic mass is 14.8. The predicted molar refractivity (Wildman–Crippen MR) is 62.9 cm³/mol. The van der Waals surface area contributed by atoms with Crippen LogP contribution in [0.3, 0.4) is 0 Å². The molecule has 15 heavy (non-hydrogen) atoms. The molecule has 1 unspecified atom stereocenters. The maximum atomic E-state index is 6.23. The molecule has 0 amide bonds.